The predicted molar refractivity (Wildman–Crippen MR) is 86.6 cm³/mol. The summed E-state index contributed by atoms with van der Waals surface area (Å²) in [7, 11) is 1.63. The third kappa shape index (κ3) is 2.79. The molecule has 2 aromatic rings. The van der Waals surface area contributed by atoms with E-state index in [0.717, 1.165) is 22.1 Å². The summed E-state index contributed by atoms with van der Waals surface area (Å²) in [5.74, 6) is -0.106. The van der Waals surface area contributed by atoms with Gasteiger partial charge >= 0.3 is 5.97 Å². The zero-order valence-electron chi connectivity index (χ0n) is 13.4. The molecule has 0 aliphatic carbocycles. The second-order valence-corrected chi connectivity index (χ2v) is 5.53. The lowest BCUT2D eigenvalue weighted by Crippen LogP contribution is -2.44. The van der Waals surface area contributed by atoms with Crippen molar-refractivity contribution in [3.63, 3.8) is 0 Å². The molecule has 0 aliphatic rings. The minimum Gasteiger partial charge on any atom is -0.497 e. The Kier molecular flexibility index (Phi) is 4.71. The van der Waals surface area contributed by atoms with Crippen LogP contribution in [0.5, 0.6) is 5.75 Å². The number of aliphatic carboxylic acids is 1. The molecule has 0 aromatic heterocycles. The minimum atomic E-state index is -1.09. The first kappa shape index (κ1) is 16.3. The van der Waals surface area contributed by atoms with Crippen molar-refractivity contribution in [1.29, 1.82) is 0 Å². The quantitative estimate of drug-likeness (QED) is 0.885. The Morgan fingerprint density at radius 3 is 2.45 bits per heavy atom. The summed E-state index contributed by atoms with van der Waals surface area (Å²) in [4.78, 5) is 11.9. The third-order valence-corrected chi connectivity index (χ3v) is 4.32. The molecule has 4 nitrogen and oxygen atoms in total. The monoisotopic (exact) mass is 302 g/mol. The number of methoxy groups -OCH3 is 1. The number of hydrogen-bond acceptors (Lipinski definition) is 3. The predicted octanol–water partition coefficient (Wildman–Crippen LogP) is 3.62. The molecule has 0 aliphatic heterocycles. The molecular formula is C18H22O4. The SMILES string of the molecule is CCOC(C)C(C)(C(=O)O)c1ccc2cc(OC)ccc2c1. The Morgan fingerprint density at radius 1 is 1.23 bits per heavy atom. The van der Waals surface area contributed by atoms with Gasteiger partial charge in [0, 0.05) is 6.61 Å². The van der Waals surface area contributed by atoms with Crippen LogP contribution >= 0.6 is 0 Å². The number of hydrogen-bond donors (Lipinski definition) is 1. The van der Waals surface area contributed by atoms with Gasteiger partial charge in [-0.05, 0) is 55.3 Å². The van der Waals surface area contributed by atoms with Crippen molar-refractivity contribution in [2.45, 2.75) is 32.3 Å². The Bertz CT molecular complexity index is 680. The molecular weight excluding hydrogens is 280 g/mol. The molecule has 1 N–H and O–H groups in total. The van der Waals surface area contributed by atoms with Crippen molar-refractivity contribution in [3.8, 4) is 5.75 Å². The Labute approximate surface area is 130 Å². The van der Waals surface area contributed by atoms with Gasteiger partial charge in [-0.2, -0.15) is 0 Å². The topological polar surface area (TPSA) is 55.8 Å². The fourth-order valence-corrected chi connectivity index (χ4v) is 2.62. The van der Waals surface area contributed by atoms with Crippen LogP contribution in [0.25, 0.3) is 10.8 Å². The first-order chi connectivity index (χ1) is 10.4. The first-order valence-electron chi connectivity index (χ1n) is 7.36. The van der Waals surface area contributed by atoms with E-state index in [4.69, 9.17) is 9.47 Å². The number of ether oxygens (including phenoxy) is 2. The summed E-state index contributed by atoms with van der Waals surface area (Å²) < 4.78 is 10.8. The van der Waals surface area contributed by atoms with Crippen molar-refractivity contribution >= 4 is 16.7 Å². The molecule has 2 aromatic carbocycles. The highest BCUT2D eigenvalue weighted by molar-refractivity contribution is 5.88. The van der Waals surface area contributed by atoms with Crippen molar-refractivity contribution in [1.82, 2.24) is 0 Å². The number of carboxylic acids is 1. The minimum absolute atomic E-state index is 0.425. The van der Waals surface area contributed by atoms with Gasteiger partial charge in [-0.25, -0.2) is 0 Å². The average Bonchev–Trinajstić information content (AvgIpc) is 2.52. The van der Waals surface area contributed by atoms with Crippen molar-refractivity contribution in [2.24, 2.45) is 0 Å². The van der Waals surface area contributed by atoms with E-state index in [1.54, 1.807) is 21.0 Å². The second-order valence-electron chi connectivity index (χ2n) is 5.53. The van der Waals surface area contributed by atoms with E-state index in [1.165, 1.54) is 0 Å². The van der Waals surface area contributed by atoms with Crippen LogP contribution in [0.4, 0.5) is 0 Å². The summed E-state index contributed by atoms with van der Waals surface area (Å²) in [6, 6.07) is 11.4. The molecule has 0 bridgehead atoms. The van der Waals surface area contributed by atoms with Gasteiger partial charge in [-0.1, -0.05) is 18.2 Å². The molecule has 0 radical (unpaired) electrons. The van der Waals surface area contributed by atoms with Crippen molar-refractivity contribution < 1.29 is 19.4 Å². The normalized spacial score (nSPS) is 15.3. The van der Waals surface area contributed by atoms with E-state index < -0.39 is 17.5 Å². The highest BCUT2D eigenvalue weighted by atomic mass is 16.5. The van der Waals surface area contributed by atoms with Crippen molar-refractivity contribution in [2.75, 3.05) is 13.7 Å². The largest absolute Gasteiger partial charge is 0.497 e. The molecule has 22 heavy (non-hydrogen) atoms. The fourth-order valence-electron chi connectivity index (χ4n) is 2.62. The van der Waals surface area contributed by atoms with Crippen molar-refractivity contribution in [3.05, 3.63) is 42.0 Å². The number of fused-ring (bicyclic) bond motifs is 1. The highest BCUT2D eigenvalue weighted by Gasteiger charge is 2.41. The lowest BCUT2D eigenvalue weighted by atomic mass is 9.77. The van der Waals surface area contributed by atoms with Crippen LogP contribution in [0.3, 0.4) is 0 Å². The van der Waals surface area contributed by atoms with Crippen LogP contribution in [-0.2, 0) is 14.9 Å². The highest BCUT2D eigenvalue weighted by Crippen LogP contribution is 2.33. The van der Waals surface area contributed by atoms with Gasteiger partial charge < -0.3 is 14.6 Å². The molecule has 4 heteroatoms. The standard InChI is InChI=1S/C18H22O4/c1-5-22-12(2)18(3,17(19)20)15-8-6-14-11-16(21-4)9-7-13(14)10-15/h6-12H,5H2,1-4H3,(H,19,20). The third-order valence-electron chi connectivity index (χ3n) is 4.32. The molecule has 0 saturated carbocycles. The van der Waals surface area contributed by atoms with E-state index >= 15 is 0 Å². The summed E-state index contributed by atoms with van der Waals surface area (Å²) in [5, 5.41) is 11.7. The maximum Gasteiger partial charge on any atom is 0.316 e. The van der Waals surface area contributed by atoms with E-state index in [-0.39, 0.29) is 0 Å². The molecule has 0 spiro atoms. The van der Waals surface area contributed by atoms with Gasteiger partial charge in [-0.3, -0.25) is 4.79 Å². The zero-order valence-corrected chi connectivity index (χ0v) is 13.4. The molecule has 2 rings (SSSR count). The maximum absolute atomic E-state index is 11.9. The molecule has 0 heterocycles. The van der Waals surface area contributed by atoms with Gasteiger partial charge in [0.25, 0.3) is 0 Å². The van der Waals surface area contributed by atoms with E-state index in [2.05, 4.69) is 0 Å². The van der Waals surface area contributed by atoms with Crippen LogP contribution in [0, 0.1) is 0 Å². The van der Waals surface area contributed by atoms with Crippen LogP contribution in [0.15, 0.2) is 36.4 Å². The van der Waals surface area contributed by atoms with Gasteiger partial charge in [0.2, 0.25) is 0 Å². The molecule has 118 valence electrons. The smallest absolute Gasteiger partial charge is 0.316 e. The van der Waals surface area contributed by atoms with Crippen LogP contribution in [0.1, 0.15) is 26.3 Å². The van der Waals surface area contributed by atoms with E-state index in [0.29, 0.717) is 6.61 Å². The van der Waals surface area contributed by atoms with Gasteiger partial charge in [0.1, 0.15) is 11.2 Å². The van der Waals surface area contributed by atoms with Crippen LogP contribution in [-0.4, -0.2) is 30.9 Å². The van der Waals surface area contributed by atoms with E-state index in [1.807, 2.05) is 43.3 Å². The molecule has 2 atom stereocenters. The van der Waals surface area contributed by atoms with E-state index in [9.17, 15) is 9.90 Å². The number of carbonyl (C=O) groups is 1. The Balaban J connectivity index is 2.53. The molecule has 0 amide bonds. The van der Waals surface area contributed by atoms with Gasteiger partial charge in [-0.15, -0.1) is 0 Å². The lowest BCUT2D eigenvalue weighted by Gasteiger charge is -2.32. The van der Waals surface area contributed by atoms with Crippen LogP contribution in [0.2, 0.25) is 0 Å². The fraction of sp³-hybridized carbons (Fsp3) is 0.389. The maximum atomic E-state index is 11.9. The molecule has 0 fully saturated rings. The Hall–Kier alpha value is -2.07. The van der Waals surface area contributed by atoms with Gasteiger partial charge in [0.15, 0.2) is 0 Å². The summed E-state index contributed by atoms with van der Waals surface area (Å²) in [5.41, 5.74) is -0.358. The number of carboxylic acid groups (broad SMARTS) is 1. The number of benzene rings is 2. The lowest BCUT2D eigenvalue weighted by molar-refractivity contribution is -0.149. The first-order valence-corrected chi connectivity index (χ1v) is 7.36. The zero-order chi connectivity index (χ0) is 16.3. The second kappa shape index (κ2) is 6.36. The van der Waals surface area contributed by atoms with Crippen LogP contribution < -0.4 is 4.74 Å². The summed E-state index contributed by atoms with van der Waals surface area (Å²) in [6.07, 6.45) is -0.425. The molecule has 2 unspecified atom stereocenters. The van der Waals surface area contributed by atoms with Gasteiger partial charge in [0.05, 0.1) is 13.2 Å². The average molecular weight is 302 g/mol. The molecule has 0 saturated heterocycles. The summed E-state index contributed by atoms with van der Waals surface area (Å²) >= 11 is 0. The number of rotatable bonds is 6. The summed E-state index contributed by atoms with van der Waals surface area (Å²) in [6.45, 7) is 5.86. The Morgan fingerprint density at radius 2 is 1.86 bits per heavy atom.